The van der Waals surface area contributed by atoms with Crippen molar-refractivity contribution >= 4 is 33.4 Å². The summed E-state index contributed by atoms with van der Waals surface area (Å²) in [4.78, 5) is 27.7. The lowest BCUT2D eigenvalue weighted by molar-refractivity contribution is -0.130. The lowest BCUT2D eigenvalue weighted by atomic mass is 9.95. The van der Waals surface area contributed by atoms with E-state index in [2.05, 4.69) is 16.3 Å². The van der Waals surface area contributed by atoms with Crippen LogP contribution in [-0.2, 0) is 19.6 Å². The van der Waals surface area contributed by atoms with Gasteiger partial charge in [0, 0.05) is 44.7 Å². The minimum atomic E-state index is -3.77. The predicted octanol–water partition coefficient (Wildman–Crippen LogP) is 1.86. The second-order valence-electron chi connectivity index (χ2n) is 7.33. The third-order valence-corrected chi connectivity index (χ3v) is 6.65. The lowest BCUT2D eigenvalue weighted by Gasteiger charge is -2.30. The molecule has 2 saturated heterocycles. The summed E-state index contributed by atoms with van der Waals surface area (Å²) in [6.45, 7) is 5.33. The van der Waals surface area contributed by atoms with Gasteiger partial charge in [0.15, 0.2) is 0 Å². The molecule has 2 amide bonds. The number of sulfonamides is 1. The third kappa shape index (κ3) is 5.03. The first-order chi connectivity index (χ1) is 13.8. The summed E-state index contributed by atoms with van der Waals surface area (Å²) in [5, 5.41) is 2.83. The molecule has 9 heteroatoms. The fourth-order valence-corrected chi connectivity index (χ4v) is 4.64. The van der Waals surface area contributed by atoms with Crippen LogP contribution in [0.5, 0.6) is 0 Å². The Morgan fingerprint density at radius 2 is 1.83 bits per heavy atom. The molecule has 2 aliphatic rings. The average Bonchev–Trinajstić information content (AvgIpc) is 3.11. The number of carbonyl (C=O) groups is 2. The van der Waals surface area contributed by atoms with Gasteiger partial charge in [0.1, 0.15) is 5.84 Å². The Morgan fingerprint density at radius 1 is 1.17 bits per heavy atom. The van der Waals surface area contributed by atoms with E-state index >= 15 is 0 Å². The summed E-state index contributed by atoms with van der Waals surface area (Å²) in [6.07, 6.45) is 4.01. The number of benzene rings is 1. The van der Waals surface area contributed by atoms with Crippen LogP contribution in [0.2, 0.25) is 0 Å². The zero-order valence-corrected chi connectivity index (χ0v) is 17.3. The standard InChI is InChI=1S/C20H26N4O4S/c1-3-19(25)24-13-10-15(11-14-24)20(26)21-16-6-8-17(9-7-16)29(27,28)22-18-5-4-12-23(18)2/h3,6-9,15H,1,4-5,10-14H2,2H3,(H,21,26)/b22-18-. The summed E-state index contributed by atoms with van der Waals surface area (Å²) >= 11 is 0. The maximum atomic E-state index is 12.5. The summed E-state index contributed by atoms with van der Waals surface area (Å²) in [7, 11) is -1.94. The van der Waals surface area contributed by atoms with E-state index in [0.717, 1.165) is 13.0 Å². The van der Waals surface area contributed by atoms with Gasteiger partial charge in [-0.25, -0.2) is 0 Å². The molecule has 0 saturated carbocycles. The van der Waals surface area contributed by atoms with Gasteiger partial charge in [-0.15, -0.1) is 4.40 Å². The van der Waals surface area contributed by atoms with E-state index in [-0.39, 0.29) is 22.6 Å². The van der Waals surface area contributed by atoms with Gasteiger partial charge in [0.25, 0.3) is 10.0 Å². The average molecular weight is 419 g/mol. The number of carbonyl (C=O) groups excluding carboxylic acids is 2. The van der Waals surface area contributed by atoms with Crippen LogP contribution < -0.4 is 5.32 Å². The molecule has 0 bridgehead atoms. The number of amidine groups is 1. The first-order valence-corrected chi connectivity index (χ1v) is 11.1. The molecule has 0 unspecified atom stereocenters. The first-order valence-electron chi connectivity index (χ1n) is 9.67. The van der Waals surface area contributed by atoms with Crippen LogP contribution in [0.4, 0.5) is 5.69 Å². The molecule has 3 rings (SSSR count). The van der Waals surface area contributed by atoms with Crippen molar-refractivity contribution in [1.29, 1.82) is 0 Å². The van der Waals surface area contributed by atoms with Gasteiger partial charge in [-0.2, -0.15) is 8.42 Å². The first kappa shape index (κ1) is 21.0. The number of anilines is 1. The van der Waals surface area contributed by atoms with Crippen molar-refractivity contribution in [3.8, 4) is 0 Å². The van der Waals surface area contributed by atoms with Crippen LogP contribution in [0.1, 0.15) is 25.7 Å². The zero-order valence-electron chi connectivity index (χ0n) is 16.5. The molecule has 0 radical (unpaired) electrons. The number of nitrogens with zero attached hydrogens (tertiary/aromatic N) is 3. The fourth-order valence-electron chi connectivity index (χ4n) is 3.55. The summed E-state index contributed by atoms with van der Waals surface area (Å²) < 4.78 is 28.9. The number of nitrogens with one attached hydrogen (secondary N) is 1. The molecule has 1 N–H and O–H groups in total. The Kier molecular flexibility index (Phi) is 6.36. The van der Waals surface area contributed by atoms with E-state index in [9.17, 15) is 18.0 Å². The van der Waals surface area contributed by atoms with E-state index in [0.29, 0.717) is 43.9 Å². The maximum absolute atomic E-state index is 12.5. The molecule has 0 spiro atoms. The lowest BCUT2D eigenvalue weighted by Crippen LogP contribution is -2.40. The van der Waals surface area contributed by atoms with Gasteiger partial charge in [0.05, 0.1) is 4.90 Å². The third-order valence-electron chi connectivity index (χ3n) is 5.33. The largest absolute Gasteiger partial charge is 0.362 e. The highest BCUT2D eigenvalue weighted by Crippen LogP contribution is 2.22. The number of likely N-dealkylation sites (tertiary alicyclic amines) is 2. The van der Waals surface area contributed by atoms with E-state index in [1.807, 2.05) is 11.9 Å². The number of hydrogen-bond acceptors (Lipinski definition) is 4. The Labute approximate surface area is 171 Å². The molecule has 2 aliphatic heterocycles. The zero-order chi connectivity index (χ0) is 21.0. The minimum absolute atomic E-state index is 0.0968. The van der Waals surface area contributed by atoms with Gasteiger partial charge < -0.3 is 15.1 Å². The molecule has 1 aromatic rings. The van der Waals surface area contributed by atoms with E-state index in [4.69, 9.17) is 0 Å². The number of amides is 2. The maximum Gasteiger partial charge on any atom is 0.283 e. The van der Waals surface area contributed by atoms with Crippen LogP contribution in [0.15, 0.2) is 46.2 Å². The van der Waals surface area contributed by atoms with Gasteiger partial charge in [-0.1, -0.05) is 6.58 Å². The molecule has 8 nitrogen and oxygen atoms in total. The molecule has 0 atom stereocenters. The Morgan fingerprint density at radius 3 is 2.38 bits per heavy atom. The Bertz CT molecular complexity index is 916. The van der Waals surface area contributed by atoms with E-state index in [1.165, 1.54) is 18.2 Å². The van der Waals surface area contributed by atoms with Crippen molar-refractivity contribution < 1.29 is 18.0 Å². The van der Waals surface area contributed by atoms with Crippen molar-refractivity contribution in [2.45, 2.75) is 30.6 Å². The topological polar surface area (TPSA) is 99.2 Å². The number of rotatable bonds is 5. The molecule has 2 fully saturated rings. The molecule has 29 heavy (non-hydrogen) atoms. The number of hydrogen-bond donors (Lipinski definition) is 1. The molecular formula is C20H26N4O4S. The Balaban J connectivity index is 1.60. The van der Waals surface area contributed by atoms with Crippen molar-refractivity contribution in [3.63, 3.8) is 0 Å². The SMILES string of the molecule is C=CC(=O)N1CCC(C(=O)Nc2ccc(S(=O)(=O)/N=C3/CCCN3C)cc2)CC1. The summed E-state index contributed by atoms with van der Waals surface area (Å²) in [5.41, 5.74) is 0.532. The van der Waals surface area contributed by atoms with E-state index in [1.54, 1.807) is 17.0 Å². The van der Waals surface area contributed by atoms with Gasteiger partial charge in [-0.05, 0) is 49.6 Å². The fraction of sp³-hybridized carbons (Fsp3) is 0.450. The second kappa shape index (κ2) is 8.77. The highest BCUT2D eigenvalue weighted by atomic mass is 32.2. The molecule has 1 aromatic carbocycles. The van der Waals surface area contributed by atoms with Crippen LogP contribution >= 0.6 is 0 Å². The van der Waals surface area contributed by atoms with Crippen molar-refractivity contribution in [3.05, 3.63) is 36.9 Å². The molecule has 156 valence electrons. The monoisotopic (exact) mass is 418 g/mol. The van der Waals surface area contributed by atoms with Gasteiger partial charge in [0.2, 0.25) is 11.8 Å². The van der Waals surface area contributed by atoms with Gasteiger partial charge in [-0.3, -0.25) is 9.59 Å². The second-order valence-corrected chi connectivity index (χ2v) is 8.93. The minimum Gasteiger partial charge on any atom is -0.362 e. The normalized spacial score (nSPS) is 19.4. The predicted molar refractivity (Wildman–Crippen MR) is 111 cm³/mol. The molecular weight excluding hydrogens is 392 g/mol. The smallest absolute Gasteiger partial charge is 0.283 e. The number of piperidine rings is 1. The van der Waals surface area contributed by atoms with Crippen LogP contribution in [0, 0.1) is 5.92 Å². The van der Waals surface area contributed by atoms with Gasteiger partial charge >= 0.3 is 0 Å². The summed E-state index contributed by atoms with van der Waals surface area (Å²) in [6, 6.07) is 6.05. The van der Waals surface area contributed by atoms with Crippen LogP contribution in [0.3, 0.4) is 0 Å². The Hall–Kier alpha value is -2.68. The van der Waals surface area contributed by atoms with Crippen LogP contribution in [-0.4, -0.2) is 62.5 Å². The molecule has 0 aromatic heterocycles. The highest BCUT2D eigenvalue weighted by Gasteiger charge is 2.26. The molecule has 0 aliphatic carbocycles. The highest BCUT2D eigenvalue weighted by molar-refractivity contribution is 7.90. The van der Waals surface area contributed by atoms with Crippen molar-refractivity contribution in [2.75, 3.05) is 32.0 Å². The van der Waals surface area contributed by atoms with Crippen molar-refractivity contribution in [2.24, 2.45) is 10.3 Å². The summed E-state index contributed by atoms with van der Waals surface area (Å²) in [5.74, 6) is 0.146. The quantitative estimate of drug-likeness (QED) is 0.736. The molecule has 2 heterocycles. The van der Waals surface area contributed by atoms with Crippen molar-refractivity contribution in [1.82, 2.24) is 9.80 Å². The van der Waals surface area contributed by atoms with E-state index < -0.39 is 10.0 Å². The van der Waals surface area contributed by atoms with Crippen LogP contribution in [0.25, 0.3) is 0 Å².